The van der Waals surface area contributed by atoms with Crippen molar-refractivity contribution in [2.45, 2.75) is 70.5 Å². The van der Waals surface area contributed by atoms with Gasteiger partial charge in [0.1, 0.15) is 6.61 Å². The van der Waals surface area contributed by atoms with Crippen LogP contribution in [0.15, 0.2) is 11.6 Å². The maximum atomic E-state index is 12.6. The van der Waals surface area contributed by atoms with Gasteiger partial charge in [0.05, 0.1) is 6.10 Å². The number of carbonyl (C=O) groups is 2. The molecule has 3 saturated carbocycles. The minimum absolute atomic E-state index is 0.0580. The molecule has 0 radical (unpaired) electrons. The predicted molar refractivity (Wildman–Crippen MR) is 99.9 cm³/mol. The monoisotopic (exact) mass is 376 g/mol. The van der Waals surface area contributed by atoms with Crippen molar-refractivity contribution in [2.24, 2.45) is 28.6 Å². The van der Waals surface area contributed by atoms with E-state index in [1.54, 1.807) is 7.11 Å². The lowest BCUT2D eigenvalue weighted by Gasteiger charge is -2.58. The molecule has 5 heteroatoms. The second-order valence-corrected chi connectivity index (χ2v) is 9.73. The number of hydrogen-bond acceptors (Lipinski definition) is 5. The van der Waals surface area contributed by atoms with Crippen molar-refractivity contribution in [1.29, 1.82) is 0 Å². The van der Waals surface area contributed by atoms with Crippen molar-refractivity contribution in [1.82, 2.24) is 0 Å². The molecule has 0 unspecified atom stereocenters. The van der Waals surface area contributed by atoms with Gasteiger partial charge in [0, 0.05) is 18.9 Å². The summed E-state index contributed by atoms with van der Waals surface area (Å²) in [5, 5.41) is 21.0. The zero-order chi connectivity index (χ0) is 19.6. The summed E-state index contributed by atoms with van der Waals surface area (Å²) >= 11 is 0. The van der Waals surface area contributed by atoms with Gasteiger partial charge in [0.2, 0.25) is 0 Å². The summed E-state index contributed by atoms with van der Waals surface area (Å²) in [5.74, 6) is 0.830. The topological polar surface area (TPSA) is 83.8 Å². The molecule has 4 aliphatic carbocycles. The maximum Gasteiger partial charge on any atom is 0.192 e. The maximum absolute atomic E-state index is 12.6. The minimum atomic E-state index is -1.62. The van der Waals surface area contributed by atoms with Gasteiger partial charge in [-0.1, -0.05) is 19.4 Å². The van der Waals surface area contributed by atoms with Crippen LogP contribution in [0.3, 0.4) is 0 Å². The first-order valence-electron chi connectivity index (χ1n) is 10.4. The third kappa shape index (κ3) is 2.34. The van der Waals surface area contributed by atoms with Crippen molar-refractivity contribution < 1.29 is 24.5 Å². The summed E-state index contributed by atoms with van der Waals surface area (Å²) in [7, 11) is 1.55. The van der Waals surface area contributed by atoms with Crippen molar-refractivity contribution in [3.05, 3.63) is 11.6 Å². The summed E-state index contributed by atoms with van der Waals surface area (Å²) < 4.78 is 5.59. The highest BCUT2D eigenvalue weighted by molar-refractivity contribution is 5.92. The highest BCUT2D eigenvalue weighted by Gasteiger charge is 2.70. The molecule has 3 fully saturated rings. The van der Waals surface area contributed by atoms with Gasteiger partial charge in [-0.15, -0.1) is 0 Å². The molecule has 0 saturated heterocycles. The Morgan fingerprint density at radius 1 is 1.22 bits per heavy atom. The molecule has 0 heterocycles. The van der Waals surface area contributed by atoms with Gasteiger partial charge in [0.25, 0.3) is 0 Å². The van der Waals surface area contributed by atoms with Crippen molar-refractivity contribution in [2.75, 3.05) is 13.7 Å². The second-order valence-electron chi connectivity index (χ2n) is 9.73. The molecule has 5 nitrogen and oxygen atoms in total. The van der Waals surface area contributed by atoms with Gasteiger partial charge in [-0.25, -0.2) is 0 Å². The van der Waals surface area contributed by atoms with Crippen molar-refractivity contribution in [3.63, 3.8) is 0 Å². The SMILES string of the molecule is CO[C@@H]1C[C@H]2[C@@H]3CCC4=CC(=O)CC[C@]4(C)[C@H]3CC[C@]2(C)[C@]1(O)C(=O)CO. The molecule has 150 valence electrons. The Bertz CT molecular complexity index is 699. The van der Waals surface area contributed by atoms with Crippen LogP contribution in [-0.4, -0.2) is 47.2 Å². The predicted octanol–water partition coefficient (Wildman–Crippen LogP) is 2.44. The highest BCUT2D eigenvalue weighted by atomic mass is 16.5. The summed E-state index contributed by atoms with van der Waals surface area (Å²) in [6.45, 7) is 3.69. The number of hydrogen-bond donors (Lipinski definition) is 2. The molecule has 0 aromatic carbocycles. The zero-order valence-corrected chi connectivity index (χ0v) is 16.7. The molecule has 4 aliphatic rings. The number of Topliss-reactive ketones (excluding diaryl/α,β-unsaturated/α-hetero) is 1. The van der Waals surface area contributed by atoms with E-state index in [2.05, 4.69) is 6.92 Å². The van der Waals surface area contributed by atoms with Gasteiger partial charge in [-0.3, -0.25) is 9.59 Å². The van der Waals surface area contributed by atoms with Gasteiger partial charge in [-0.05, 0) is 67.8 Å². The number of aliphatic hydroxyl groups is 2. The largest absolute Gasteiger partial charge is 0.388 e. The molecule has 0 aromatic heterocycles. The Morgan fingerprint density at radius 3 is 2.63 bits per heavy atom. The zero-order valence-electron chi connectivity index (χ0n) is 16.7. The third-order valence-electron chi connectivity index (χ3n) is 9.01. The molecular formula is C22H32O5. The van der Waals surface area contributed by atoms with Gasteiger partial charge in [-0.2, -0.15) is 0 Å². The van der Waals surface area contributed by atoms with E-state index in [-0.39, 0.29) is 17.1 Å². The molecular weight excluding hydrogens is 344 g/mol. The van der Waals surface area contributed by atoms with E-state index < -0.39 is 29.5 Å². The minimum Gasteiger partial charge on any atom is -0.388 e. The smallest absolute Gasteiger partial charge is 0.192 e. The van der Waals surface area contributed by atoms with Crippen molar-refractivity contribution >= 4 is 11.6 Å². The fourth-order valence-corrected chi connectivity index (χ4v) is 7.44. The summed E-state index contributed by atoms with van der Waals surface area (Å²) in [6, 6.07) is 0. The summed E-state index contributed by atoms with van der Waals surface area (Å²) in [4.78, 5) is 24.6. The van der Waals surface area contributed by atoms with Crippen LogP contribution in [0.1, 0.15) is 58.8 Å². The van der Waals surface area contributed by atoms with Crippen LogP contribution < -0.4 is 0 Å². The van der Waals surface area contributed by atoms with Crippen LogP contribution in [0.2, 0.25) is 0 Å². The number of rotatable bonds is 3. The number of fused-ring (bicyclic) bond motifs is 5. The van der Waals surface area contributed by atoms with Gasteiger partial charge < -0.3 is 14.9 Å². The van der Waals surface area contributed by atoms with Crippen LogP contribution in [0.25, 0.3) is 0 Å². The lowest BCUT2D eigenvalue weighted by Crippen LogP contribution is -2.61. The van der Waals surface area contributed by atoms with Crippen LogP contribution in [0.4, 0.5) is 0 Å². The van der Waals surface area contributed by atoms with Gasteiger partial charge >= 0.3 is 0 Å². The van der Waals surface area contributed by atoms with Crippen molar-refractivity contribution in [3.8, 4) is 0 Å². The lowest BCUT2D eigenvalue weighted by atomic mass is 9.46. The number of ketones is 2. The van der Waals surface area contributed by atoms with Crippen LogP contribution in [0.5, 0.6) is 0 Å². The van der Waals surface area contributed by atoms with Gasteiger partial charge in [0.15, 0.2) is 17.2 Å². The van der Waals surface area contributed by atoms with Crippen LogP contribution in [-0.2, 0) is 14.3 Å². The quantitative estimate of drug-likeness (QED) is 0.790. The Hall–Kier alpha value is -1.04. The molecule has 0 bridgehead atoms. The Balaban J connectivity index is 1.72. The van der Waals surface area contributed by atoms with Crippen LogP contribution in [0, 0.1) is 28.6 Å². The number of ether oxygens (including phenoxy) is 1. The molecule has 0 aromatic rings. The molecule has 0 aliphatic heterocycles. The van der Waals surface area contributed by atoms with E-state index in [9.17, 15) is 19.8 Å². The van der Waals surface area contributed by atoms with E-state index in [0.29, 0.717) is 24.7 Å². The molecule has 7 atom stereocenters. The van der Waals surface area contributed by atoms with E-state index >= 15 is 0 Å². The first kappa shape index (κ1) is 19.3. The van der Waals surface area contributed by atoms with E-state index in [1.165, 1.54) is 5.57 Å². The highest BCUT2D eigenvalue weighted by Crippen LogP contribution is 2.67. The first-order chi connectivity index (χ1) is 12.7. The normalized spacial score (nSPS) is 49.1. The molecule has 27 heavy (non-hydrogen) atoms. The summed E-state index contributed by atoms with van der Waals surface area (Å²) in [6.07, 6.45) is 7.14. The number of carbonyl (C=O) groups excluding carboxylic acids is 2. The first-order valence-corrected chi connectivity index (χ1v) is 10.4. The summed E-state index contributed by atoms with van der Waals surface area (Å²) in [5.41, 5.74) is -0.822. The Labute approximate surface area is 161 Å². The Kier molecular flexibility index (Phi) is 4.45. The number of methoxy groups -OCH3 is 1. The standard InChI is InChI=1S/C22H32O5/c1-20-8-6-14(24)10-13(20)4-5-15-16(20)7-9-21(2)17(15)11-19(27-3)22(21,26)18(25)12-23/h10,15-17,19,23,26H,4-9,11-12H2,1-3H3/t15-,16+,17+,19-,20+,21+,22+/m1/s1. The van der Waals surface area contributed by atoms with E-state index in [0.717, 1.165) is 32.1 Å². The second kappa shape index (κ2) is 6.23. The molecule has 2 N–H and O–H groups in total. The molecule has 4 rings (SSSR count). The van der Waals surface area contributed by atoms with E-state index in [4.69, 9.17) is 4.74 Å². The fraction of sp³-hybridized carbons (Fsp3) is 0.818. The lowest BCUT2D eigenvalue weighted by molar-refractivity contribution is -0.181. The molecule has 0 spiro atoms. The number of aliphatic hydroxyl groups excluding tert-OH is 1. The Morgan fingerprint density at radius 2 is 1.96 bits per heavy atom. The third-order valence-corrected chi connectivity index (χ3v) is 9.01. The number of allylic oxidation sites excluding steroid dienone is 1. The van der Waals surface area contributed by atoms with Crippen LogP contribution >= 0.6 is 0 Å². The van der Waals surface area contributed by atoms with E-state index in [1.807, 2.05) is 13.0 Å². The fourth-order valence-electron chi connectivity index (χ4n) is 7.44. The average Bonchev–Trinajstić information content (AvgIpc) is 2.90. The average molecular weight is 376 g/mol. The molecule has 0 amide bonds.